The zero-order valence-electron chi connectivity index (χ0n) is 6.61. The molecule has 0 heteroatoms. The maximum atomic E-state index is 3.41. The SMILES string of the molecule is CC12CCC=C=C1CCC2. The molecule has 1 atom stereocenters. The predicted octanol–water partition coefficient (Wildman–Crippen LogP) is 3.05. The van der Waals surface area contributed by atoms with Crippen LogP contribution in [-0.4, -0.2) is 0 Å². The van der Waals surface area contributed by atoms with Crippen LogP contribution in [0, 0.1) is 5.41 Å². The average Bonchev–Trinajstić information content (AvgIpc) is 2.29. The molecule has 0 radical (unpaired) electrons. The molecule has 0 spiro atoms. The number of hydrogen-bond acceptors (Lipinski definition) is 0. The van der Waals surface area contributed by atoms with Crippen LogP contribution in [-0.2, 0) is 0 Å². The van der Waals surface area contributed by atoms with E-state index in [4.69, 9.17) is 0 Å². The zero-order valence-corrected chi connectivity index (χ0v) is 6.61. The number of hydrogen-bond donors (Lipinski definition) is 0. The molecule has 0 amide bonds. The molecule has 1 unspecified atom stereocenters. The van der Waals surface area contributed by atoms with Gasteiger partial charge in [0.1, 0.15) is 0 Å². The van der Waals surface area contributed by atoms with E-state index in [-0.39, 0.29) is 0 Å². The van der Waals surface area contributed by atoms with Gasteiger partial charge in [-0.05, 0) is 49.2 Å². The molecule has 54 valence electrons. The summed E-state index contributed by atoms with van der Waals surface area (Å²) < 4.78 is 0. The van der Waals surface area contributed by atoms with Crippen LogP contribution < -0.4 is 0 Å². The van der Waals surface area contributed by atoms with Crippen LogP contribution in [0.5, 0.6) is 0 Å². The molecule has 0 aromatic carbocycles. The van der Waals surface area contributed by atoms with Crippen molar-refractivity contribution in [2.45, 2.75) is 39.0 Å². The first-order valence-corrected chi connectivity index (χ1v) is 4.26. The highest BCUT2D eigenvalue weighted by atomic mass is 14.4. The normalized spacial score (nSPS) is 37.5. The lowest BCUT2D eigenvalue weighted by atomic mass is 9.78. The monoisotopic (exact) mass is 134 g/mol. The van der Waals surface area contributed by atoms with E-state index in [1.807, 2.05) is 0 Å². The Bertz CT molecular complexity index is 202. The highest BCUT2D eigenvalue weighted by Crippen LogP contribution is 2.46. The zero-order chi connectivity index (χ0) is 7.03. The molecular formula is C10H14. The largest absolute Gasteiger partial charge is 0.126 e. The lowest BCUT2D eigenvalue weighted by Gasteiger charge is -2.25. The molecular weight excluding hydrogens is 120 g/mol. The molecule has 0 saturated heterocycles. The molecule has 10 heavy (non-hydrogen) atoms. The summed E-state index contributed by atoms with van der Waals surface area (Å²) in [4.78, 5) is 0. The minimum Gasteiger partial charge on any atom is -0.126 e. The van der Waals surface area contributed by atoms with Gasteiger partial charge < -0.3 is 0 Å². The molecule has 0 aliphatic heterocycles. The number of rotatable bonds is 0. The van der Waals surface area contributed by atoms with Crippen LogP contribution in [0.1, 0.15) is 39.0 Å². The van der Waals surface area contributed by atoms with Gasteiger partial charge in [0.15, 0.2) is 0 Å². The van der Waals surface area contributed by atoms with Gasteiger partial charge in [-0.15, -0.1) is 5.73 Å². The number of fused-ring (bicyclic) bond motifs is 1. The minimum absolute atomic E-state index is 0.564. The minimum atomic E-state index is 0.564. The highest BCUT2D eigenvalue weighted by Gasteiger charge is 2.33. The van der Waals surface area contributed by atoms with Gasteiger partial charge in [0.05, 0.1) is 0 Å². The predicted molar refractivity (Wildman–Crippen MR) is 42.8 cm³/mol. The van der Waals surface area contributed by atoms with Gasteiger partial charge in [0.2, 0.25) is 0 Å². The maximum Gasteiger partial charge on any atom is -0.00374 e. The molecule has 0 nitrogen and oxygen atoms in total. The summed E-state index contributed by atoms with van der Waals surface area (Å²) in [6.45, 7) is 2.40. The van der Waals surface area contributed by atoms with E-state index in [0.717, 1.165) is 0 Å². The Morgan fingerprint density at radius 3 is 3.20 bits per heavy atom. The second-order valence-electron chi connectivity index (χ2n) is 3.78. The topological polar surface area (TPSA) is 0 Å². The van der Waals surface area contributed by atoms with E-state index in [2.05, 4.69) is 18.7 Å². The molecule has 1 fully saturated rings. The third kappa shape index (κ3) is 0.759. The quantitative estimate of drug-likeness (QED) is 0.447. The molecule has 0 heterocycles. The molecule has 0 N–H and O–H groups in total. The Labute approximate surface area is 62.6 Å². The van der Waals surface area contributed by atoms with Gasteiger partial charge in [0.25, 0.3) is 0 Å². The van der Waals surface area contributed by atoms with E-state index in [1.54, 1.807) is 5.57 Å². The van der Waals surface area contributed by atoms with E-state index < -0.39 is 0 Å². The third-order valence-electron chi connectivity index (χ3n) is 3.00. The van der Waals surface area contributed by atoms with E-state index in [9.17, 15) is 0 Å². The molecule has 2 aliphatic carbocycles. The van der Waals surface area contributed by atoms with Crippen molar-refractivity contribution in [2.24, 2.45) is 5.41 Å². The highest BCUT2D eigenvalue weighted by molar-refractivity contribution is 5.20. The number of allylic oxidation sites excluding steroid dienone is 1. The smallest absolute Gasteiger partial charge is 0.00374 e. The lowest BCUT2D eigenvalue weighted by molar-refractivity contribution is 0.374. The average molecular weight is 134 g/mol. The first-order chi connectivity index (χ1) is 4.81. The van der Waals surface area contributed by atoms with E-state index in [0.29, 0.717) is 5.41 Å². The van der Waals surface area contributed by atoms with Crippen molar-refractivity contribution in [2.75, 3.05) is 0 Å². The Balaban J connectivity index is 2.41. The van der Waals surface area contributed by atoms with Crippen molar-refractivity contribution >= 4 is 0 Å². The fraction of sp³-hybridized carbons (Fsp3) is 0.700. The molecule has 0 aromatic rings. The van der Waals surface area contributed by atoms with Gasteiger partial charge in [-0.3, -0.25) is 0 Å². The van der Waals surface area contributed by atoms with Crippen LogP contribution >= 0.6 is 0 Å². The summed E-state index contributed by atoms with van der Waals surface area (Å²) in [6.07, 6.45) is 8.95. The Morgan fingerprint density at radius 1 is 1.50 bits per heavy atom. The maximum absolute atomic E-state index is 3.41. The van der Waals surface area contributed by atoms with Gasteiger partial charge in [0, 0.05) is 0 Å². The van der Waals surface area contributed by atoms with Crippen LogP contribution in [0.25, 0.3) is 0 Å². The van der Waals surface area contributed by atoms with Crippen molar-refractivity contribution in [3.05, 3.63) is 17.4 Å². The molecule has 0 bridgehead atoms. The summed E-state index contributed by atoms with van der Waals surface area (Å²) in [6, 6.07) is 0. The first-order valence-electron chi connectivity index (χ1n) is 4.26. The van der Waals surface area contributed by atoms with Crippen LogP contribution in [0.4, 0.5) is 0 Å². The van der Waals surface area contributed by atoms with Crippen molar-refractivity contribution in [1.29, 1.82) is 0 Å². The lowest BCUT2D eigenvalue weighted by Crippen LogP contribution is -2.14. The summed E-state index contributed by atoms with van der Waals surface area (Å²) in [5.41, 5.74) is 5.57. The van der Waals surface area contributed by atoms with E-state index >= 15 is 0 Å². The second-order valence-corrected chi connectivity index (χ2v) is 3.78. The molecule has 2 rings (SSSR count). The van der Waals surface area contributed by atoms with Gasteiger partial charge >= 0.3 is 0 Å². The van der Waals surface area contributed by atoms with Gasteiger partial charge in [-0.1, -0.05) is 6.92 Å². The van der Waals surface area contributed by atoms with Crippen molar-refractivity contribution < 1.29 is 0 Å². The molecule has 1 saturated carbocycles. The van der Waals surface area contributed by atoms with Gasteiger partial charge in [-0.25, -0.2) is 0 Å². The fourth-order valence-electron chi connectivity index (χ4n) is 2.22. The fourth-order valence-corrected chi connectivity index (χ4v) is 2.22. The summed E-state index contributed by atoms with van der Waals surface area (Å²) >= 11 is 0. The molecule has 2 aliphatic rings. The Kier molecular flexibility index (Phi) is 1.25. The Hall–Kier alpha value is -0.480. The first kappa shape index (κ1) is 6.24. The summed E-state index contributed by atoms with van der Waals surface area (Å²) in [5.74, 6) is 0. The van der Waals surface area contributed by atoms with E-state index in [1.165, 1.54) is 32.1 Å². The van der Waals surface area contributed by atoms with Crippen molar-refractivity contribution in [3.63, 3.8) is 0 Å². The van der Waals surface area contributed by atoms with Crippen LogP contribution in [0.15, 0.2) is 17.4 Å². The van der Waals surface area contributed by atoms with Crippen LogP contribution in [0.3, 0.4) is 0 Å². The summed E-state index contributed by atoms with van der Waals surface area (Å²) in [5, 5.41) is 0. The Morgan fingerprint density at radius 2 is 2.40 bits per heavy atom. The van der Waals surface area contributed by atoms with Crippen molar-refractivity contribution in [1.82, 2.24) is 0 Å². The molecule has 0 aromatic heterocycles. The van der Waals surface area contributed by atoms with Crippen LogP contribution in [0.2, 0.25) is 0 Å². The van der Waals surface area contributed by atoms with Crippen molar-refractivity contribution in [3.8, 4) is 0 Å². The summed E-state index contributed by atoms with van der Waals surface area (Å²) in [7, 11) is 0. The standard InChI is InChI=1S/C10H14/c1-10-7-3-2-5-9(10)6-4-8-10/h2H,3-4,6-8H2,1H3. The third-order valence-corrected chi connectivity index (χ3v) is 3.00. The van der Waals surface area contributed by atoms with Gasteiger partial charge in [-0.2, -0.15) is 0 Å². The second kappa shape index (κ2) is 2.00.